The molecule has 0 aromatic heterocycles. The van der Waals surface area contributed by atoms with E-state index in [0.717, 1.165) is 18.4 Å². The number of sulfonamides is 2. The maximum Gasteiger partial charge on any atom is 0.240 e. The van der Waals surface area contributed by atoms with E-state index in [1.807, 2.05) is 4.90 Å². The van der Waals surface area contributed by atoms with Crippen molar-refractivity contribution >= 4 is 20.0 Å². The third kappa shape index (κ3) is 5.61. The van der Waals surface area contributed by atoms with Crippen LogP contribution in [-0.2, 0) is 20.0 Å². The highest BCUT2D eigenvalue weighted by Gasteiger charge is 2.28. The number of nitrogens with zero attached hydrogens (tertiary/aromatic N) is 1. The molecule has 10 heteroatoms. The van der Waals surface area contributed by atoms with E-state index in [2.05, 4.69) is 9.44 Å². The summed E-state index contributed by atoms with van der Waals surface area (Å²) in [5.41, 5.74) is 0.770. The average Bonchev–Trinajstić information content (AvgIpc) is 3.46. The summed E-state index contributed by atoms with van der Waals surface area (Å²) in [6.45, 7) is 0.0737. The van der Waals surface area contributed by atoms with Crippen LogP contribution in [0.25, 0.3) is 0 Å². The van der Waals surface area contributed by atoms with Gasteiger partial charge in [0.2, 0.25) is 20.0 Å². The first-order chi connectivity index (χ1) is 13.6. The fourth-order valence-electron chi connectivity index (χ4n) is 2.84. The zero-order chi connectivity index (χ0) is 21.2. The lowest BCUT2D eigenvalue weighted by molar-refractivity contribution is 0.299. The second-order valence-electron chi connectivity index (χ2n) is 7.25. The lowest BCUT2D eigenvalue weighted by atomic mass is 10.1. The van der Waals surface area contributed by atoms with Crippen LogP contribution in [0, 0.1) is 5.82 Å². The molecule has 0 aliphatic heterocycles. The summed E-state index contributed by atoms with van der Waals surface area (Å²) in [5, 5.41) is 0. The minimum absolute atomic E-state index is 0.0282. The van der Waals surface area contributed by atoms with Crippen molar-refractivity contribution in [1.29, 1.82) is 0 Å². The Kier molecular flexibility index (Phi) is 6.39. The molecule has 7 nitrogen and oxygen atoms in total. The van der Waals surface area contributed by atoms with Gasteiger partial charge in [0.1, 0.15) is 5.82 Å². The average molecular weight is 442 g/mol. The van der Waals surface area contributed by atoms with Crippen LogP contribution < -0.4 is 9.44 Å². The van der Waals surface area contributed by atoms with E-state index < -0.39 is 20.0 Å². The molecule has 2 N–H and O–H groups in total. The molecule has 1 unspecified atom stereocenters. The highest BCUT2D eigenvalue weighted by Crippen LogP contribution is 2.23. The van der Waals surface area contributed by atoms with E-state index in [-0.39, 0.29) is 34.2 Å². The zero-order valence-corrected chi connectivity index (χ0v) is 17.8. The molecule has 3 rings (SSSR count). The first-order valence-corrected chi connectivity index (χ1v) is 12.1. The Morgan fingerprint density at radius 2 is 1.45 bits per heavy atom. The van der Waals surface area contributed by atoms with Crippen molar-refractivity contribution in [2.75, 3.05) is 20.6 Å². The number of hydrogen-bond acceptors (Lipinski definition) is 5. The molecule has 1 aliphatic rings. The predicted octanol–water partition coefficient (Wildman–Crippen LogP) is 1.85. The van der Waals surface area contributed by atoms with Crippen molar-refractivity contribution in [3.8, 4) is 0 Å². The normalized spacial score (nSPS) is 16.1. The molecule has 1 atom stereocenters. The van der Waals surface area contributed by atoms with Gasteiger partial charge in [-0.2, -0.15) is 0 Å². The van der Waals surface area contributed by atoms with Gasteiger partial charge in [-0.3, -0.25) is 0 Å². The largest absolute Gasteiger partial charge is 0.301 e. The van der Waals surface area contributed by atoms with Crippen molar-refractivity contribution in [3.05, 3.63) is 59.9 Å². The number of rotatable bonds is 9. The summed E-state index contributed by atoms with van der Waals surface area (Å²) in [6, 6.07) is 10.7. The fraction of sp³-hybridized carbons (Fsp3) is 0.368. The van der Waals surface area contributed by atoms with Crippen molar-refractivity contribution in [1.82, 2.24) is 14.3 Å². The molecule has 1 fully saturated rings. The van der Waals surface area contributed by atoms with E-state index in [0.29, 0.717) is 0 Å². The predicted molar refractivity (Wildman–Crippen MR) is 108 cm³/mol. The van der Waals surface area contributed by atoms with Gasteiger partial charge in [0.05, 0.1) is 9.79 Å². The van der Waals surface area contributed by atoms with E-state index in [9.17, 15) is 21.2 Å². The molecule has 0 spiro atoms. The number of likely N-dealkylation sites (N-methyl/N-ethyl adjacent to an activating group) is 1. The Balaban J connectivity index is 1.72. The Labute approximate surface area is 171 Å². The molecule has 1 saturated carbocycles. The van der Waals surface area contributed by atoms with Gasteiger partial charge in [-0.1, -0.05) is 12.1 Å². The van der Waals surface area contributed by atoms with Gasteiger partial charge in [-0.25, -0.2) is 30.7 Å². The lowest BCUT2D eigenvalue weighted by Crippen LogP contribution is -2.34. The molecule has 2 aromatic carbocycles. The summed E-state index contributed by atoms with van der Waals surface area (Å²) in [4.78, 5) is 1.83. The van der Waals surface area contributed by atoms with E-state index in [4.69, 9.17) is 0 Å². The van der Waals surface area contributed by atoms with Gasteiger partial charge in [0.25, 0.3) is 0 Å². The van der Waals surface area contributed by atoms with Crippen LogP contribution in [0.3, 0.4) is 0 Å². The third-order valence-electron chi connectivity index (χ3n) is 4.69. The highest BCUT2D eigenvalue weighted by atomic mass is 32.2. The lowest BCUT2D eigenvalue weighted by Gasteiger charge is -2.25. The smallest absolute Gasteiger partial charge is 0.240 e. The van der Waals surface area contributed by atoms with E-state index in [1.54, 1.807) is 26.2 Å². The molecular formula is C19H24FN3O4S2. The van der Waals surface area contributed by atoms with Crippen LogP contribution in [0.4, 0.5) is 4.39 Å². The maximum atomic E-state index is 13.2. The van der Waals surface area contributed by atoms with Crippen LogP contribution in [0.2, 0.25) is 0 Å². The van der Waals surface area contributed by atoms with Crippen molar-refractivity contribution in [2.45, 2.75) is 34.7 Å². The standard InChI is InChI=1S/C19H24FN3O4S2/c1-23(2)19(14-3-5-15(20)6-4-14)13-21-28(24,25)17-9-11-18(12-10-17)29(26,27)22-16-7-8-16/h3-6,9-12,16,19,21-22H,7-8,13H2,1-2H3. The third-order valence-corrected chi connectivity index (χ3v) is 7.66. The van der Waals surface area contributed by atoms with Gasteiger partial charge >= 0.3 is 0 Å². The van der Waals surface area contributed by atoms with Gasteiger partial charge < -0.3 is 4.90 Å². The van der Waals surface area contributed by atoms with Gasteiger partial charge in [-0.15, -0.1) is 0 Å². The minimum atomic E-state index is -3.84. The van der Waals surface area contributed by atoms with Crippen LogP contribution in [-0.4, -0.2) is 48.4 Å². The number of hydrogen-bond donors (Lipinski definition) is 2. The Hall–Kier alpha value is -1.85. The Morgan fingerprint density at radius 1 is 0.931 bits per heavy atom. The van der Waals surface area contributed by atoms with Crippen molar-refractivity contribution in [3.63, 3.8) is 0 Å². The second kappa shape index (κ2) is 8.49. The SMILES string of the molecule is CN(C)C(CNS(=O)(=O)c1ccc(S(=O)(=O)NC2CC2)cc1)c1ccc(F)cc1. The van der Waals surface area contributed by atoms with E-state index >= 15 is 0 Å². The van der Waals surface area contributed by atoms with Crippen LogP contribution >= 0.6 is 0 Å². The van der Waals surface area contributed by atoms with Gasteiger partial charge in [0.15, 0.2) is 0 Å². The summed E-state index contributed by atoms with van der Waals surface area (Å²) in [7, 11) is -3.88. The zero-order valence-electron chi connectivity index (χ0n) is 16.2. The van der Waals surface area contributed by atoms with Gasteiger partial charge in [0, 0.05) is 18.6 Å². The first kappa shape index (κ1) is 21.8. The molecule has 158 valence electrons. The topological polar surface area (TPSA) is 95.6 Å². The number of nitrogens with one attached hydrogen (secondary N) is 2. The quantitative estimate of drug-likeness (QED) is 0.619. The monoisotopic (exact) mass is 441 g/mol. The molecule has 0 bridgehead atoms. The van der Waals surface area contributed by atoms with Crippen LogP contribution in [0.15, 0.2) is 58.3 Å². The van der Waals surface area contributed by atoms with Crippen molar-refractivity contribution in [2.24, 2.45) is 0 Å². The Bertz CT molecular complexity index is 1050. The molecule has 0 saturated heterocycles. The molecule has 2 aromatic rings. The van der Waals surface area contributed by atoms with Crippen molar-refractivity contribution < 1.29 is 21.2 Å². The van der Waals surface area contributed by atoms with Crippen LogP contribution in [0.5, 0.6) is 0 Å². The second-order valence-corrected chi connectivity index (χ2v) is 10.7. The molecule has 0 amide bonds. The molecule has 1 aliphatic carbocycles. The van der Waals surface area contributed by atoms with E-state index in [1.165, 1.54) is 36.4 Å². The molecule has 29 heavy (non-hydrogen) atoms. The highest BCUT2D eigenvalue weighted by molar-refractivity contribution is 7.90. The summed E-state index contributed by atoms with van der Waals surface area (Å²) >= 11 is 0. The number of halogens is 1. The maximum absolute atomic E-state index is 13.2. The molecular weight excluding hydrogens is 417 g/mol. The first-order valence-electron chi connectivity index (χ1n) is 9.12. The Morgan fingerprint density at radius 3 is 1.93 bits per heavy atom. The summed E-state index contributed by atoms with van der Waals surface area (Å²) < 4.78 is 68.0. The molecule has 0 radical (unpaired) electrons. The summed E-state index contributed by atoms with van der Waals surface area (Å²) in [5.74, 6) is -0.363. The molecule has 0 heterocycles. The van der Waals surface area contributed by atoms with Gasteiger partial charge in [-0.05, 0) is 68.9 Å². The number of benzene rings is 2. The van der Waals surface area contributed by atoms with Crippen LogP contribution in [0.1, 0.15) is 24.4 Å². The fourth-order valence-corrected chi connectivity index (χ4v) is 5.19. The minimum Gasteiger partial charge on any atom is -0.301 e. The summed E-state index contributed by atoms with van der Waals surface area (Å²) in [6.07, 6.45) is 1.63.